The Labute approximate surface area is 157 Å². The number of anilines is 1. The second-order valence-electron chi connectivity index (χ2n) is 6.03. The van der Waals surface area contributed by atoms with Crippen LogP contribution in [0.15, 0.2) is 48.5 Å². The highest BCUT2D eigenvalue weighted by Crippen LogP contribution is 2.16. The number of ether oxygens (including phenoxy) is 1. The average Bonchev–Trinajstić information content (AvgIpc) is 3.04. The first-order valence-corrected chi connectivity index (χ1v) is 8.57. The molecule has 0 fully saturated rings. The van der Waals surface area contributed by atoms with E-state index in [0.717, 1.165) is 11.3 Å². The number of nitrogens with one attached hydrogen (secondary N) is 1. The second-order valence-corrected chi connectivity index (χ2v) is 6.03. The van der Waals surface area contributed by atoms with Gasteiger partial charge in [-0.05, 0) is 51.1 Å². The highest BCUT2D eigenvalue weighted by molar-refractivity contribution is 6.04. The predicted octanol–water partition coefficient (Wildman–Crippen LogP) is 3.31. The number of rotatable bonds is 5. The number of hydrogen-bond acceptors (Lipinski definition) is 5. The van der Waals surface area contributed by atoms with E-state index in [1.54, 1.807) is 42.8 Å². The molecule has 1 amide bonds. The van der Waals surface area contributed by atoms with Crippen LogP contribution in [0.4, 0.5) is 5.69 Å². The summed E-state index contributed by atoms with van der Waals surface area (Å²) in [5.74, 6) is -0.832. The van der Waals surface area contributed by atoms with E-state index in [4.69, 9.17) is 4.74 Å². The van der Waals surface area contributed by atoms with Gasteiger partial charge in [0.05, 0.1) is 23.6 Å². The molecule has 1 heterocycles. The number of aromatic nitrogens is 3. The molecule has 7 nitrogen and oxygen atoms in total. The molecule has 0 spiro atoms. The van der Waals surface area contributed by atoms with Crippen LogP contribution >= 0.6 is 0 Å². The molecular formula is C20H20N4O3. The summed E-state index contributed by atoms with van der Waals surface area (Å²) in [6.07, 6.45) is 0. The Morgan fingerprint density at radius 1 is 1.11 bits per heavy atom. The average molecular weight is 364 g/mol. The number of carbonyl (C=O) groups excluding carboxylic acids is 2. The van der Waals surface area contributed by atoms with Gasteiger partial charge < -0.3 is 10.1 Å². The van der Waals surface area contributed by atoms with Crippen LogP contribution in [0.2, 0.25) is 0 Å². The third-order valence-corrected chi connectivity index (χ3v) is 4.02. The van der Waals surface area contributed by atoms with Gasteiger partial charge in [-0.1, -0.05) is 29.0 Å². The van der Waals surface area contributed by atoms with Gasteiger partial charge in [0, 0.05) is 5.69 Å². The van der Waals surface area contributed by atoms with E-state index in [-0.39, 0.29) is 12.3 Å². The molecule has 0 atom stereocenters. The lowest BCUT2D eigenvalue weighted by Gasteiger charge is -2.07. The minimum atomic E-state index is -0.435. The number of esters is 1. The van der Waals surface area contributed by atoms with Crippen LogP contribution in [0.5, 0.6) is 0 Å². The standard InChI is InChI=1S/C20H20N4O3/c1-4-27-20(26)15-6-5-7-16(12-15)21-19(25)18-14(3)24(23-22-18)17-10-8-13(2)9-11-17/h5-12H,4H2,1-3H3,(H,21,25). The van der Waals surface area contributed by atoms with E-state index in [9.17, 15) is 9.59 Å². The molecular weight excluding hydrogens is 344 g/mol. The Bertz CT molecular complexity index is 977. The Balaban J connectivity index is 1.80. The summed E-state index contributed by atoms with van der Waals surface area (Å²) in [5, 5.41) is 10.8. The molecule has 7 heteroatoms. The summed E-state index contributed by atoms with van der Waals surface area (Å²) in [5.41, 5.74) is 3.66. The Hall–Kier alpha value is -3.48. The molecule has 1 aromatic heterocycles. The Morgan fingerprint density at radius 3 is 2.56 bits per heavy atom. The summed E-state index contributed by atoms with van der Waals surface area (Å²) >= 11 is 0. The highest BCUT2D eigenvalue weighted by atomic mass is 16.5. The maximum atomic E-state index is 12.6. The lowest BCUT2D eigenvalue weighted by atomic mass is 10.2. The fraction of sp³-hybridized carbons (Fsp3) is 0.200. The topological polar surface area (TPSA) is 86.1 Å². The van der Waals surface area contributed by atoms with Gasteiger partial charge >= 0.3 is 5.97 Å². The zero-order valence-corrected chi connectivity index (χ0v) is 15.4. The summed E-state index contributed by atoms with van der Waals surface area (Å²) in [7, 11) is 0. The molecule has 0 aliphatic carbocycles. The van der Waals surface area contributed by atoms with Crippen LogP contribution in [0.25, 0.3) is 5.69 Å². The minimum Gasteiger partial charge on any atom is -0.462 e. The first kappa shape index (κ1) is 18.3. The largest absolute Gasteiger partial charge is 0.462 e. The van der Waals surface area contributed by atoms with Crippen molar-refractivity contribution in [3.05, 3.63) is 71.0 Å². The van der Waals surface area contributed by atoms with Crippen molar-refractivity contribution in [3.8, 4) is 5.69 Å². The van der Waals surface area contributed by atoms with Gasteiger partial charge in [0.15, 0.2) is 5.69 Å². The third kappa shape index (κ3) is 4.03. The molecule has 0 aliphatic rings. The van der Waals surface area contributed by atoms with Crippen LogP contribution in [-0.4, -0.2) is 33.5 Å². The SMILES string of the molecule is CCOC(=O)c1cccc(NC(=O)c2nnn(-c3ccc(C)cc3)c2C)c1. The zero-order valence-electron chi connectivity index (χ0n) is 15.4. The molecule has 0 saturated heterocycles. The highest BCUT2D eigenvalue weighted by Gasteiger charge is 2.18. The number of aryl methyl sites for hydroxylation is 1. The minimum absolute atomic E-state index is 0.220. The summed E-state index contributed by atoms with van der Waals surface area (Å²) in [6, 6.07) is 14.3. The van der Waals surface area contributed by atoms with E-state index in [2.05, 4.69) is 15.6 Å². The first-order valence-electron chi connectivity index (χ1n) is 8.57. The molecule has 138 valence electrons. The van der Waals surface area contributed by atoms with Crippen molar-refractivity contribution >= 4 is 17.6 Å². The lowest BCUT2D eigenvalue weighted by molar-refractivity contribution is 0.0526. The molecule has 3 aromatic rings. The van der Waals surface area contributed by atoms with Crippen molar-refractivity contribution in [2.45, 2.75) is 20.8 Å². The van der Waals surface area contributed by atoms with Gasteiger partial charge in [-0.25, -0.2) is 9.48 Å². The summed E-state index contributed by atoms with van der Waals surface area (Å²) in [6.45, 7) is 5.81. The van der Waals surface area contributed by atoms with Crippen molar-refractivity contribution in [3.63, 3.8) is 0 Å². The maximum Gasteiger partial charge on any atom is 0.338 e. The number of amides is 1. The molecule has 27 heavy (non-hydrogen) atoms. The first-order chi connectivity index (χ1) is 13.0. The van der Waals surface area contributed by atoms with E-state index >= 15 is 0 Å². The number of benzene rings is 2. The van der Waals surface area contributed by atoms with Crippen LogP contribution in [-0.2, 0) is 4.74 Å². The fourth-order valence-electron chi connectivity index (χ4n) is 2.60. The van der Waals surface area contributed by atoms with Gasteiger partial charge in [0.1, 0.15) is 0 Å². The lowest BCUT2D eigenvalue weighted by Crippen LogP contribution is -2.15. The van der Waals surface area contributed by atoms with E-state index in [1.165, 1.54) is 0 Å². The summed E-state index contributed by atoms with van der Waals surface area (Å²) < 4.78 is 6.59. The second kappa shape index (κ2) is 7.82. The van der Waals surface area contributed by atoms with Gasteiger partial charge in [-0.3, -0.25) is 4.79 Å². The third-order valence-electron chi connectivity index (χ3n) is 4.02. The Kier molecular flexibility index (Phi) is 5.30. The molecule has 0 unspecified atom stereocenters. The van der Waals surface area contributed by atoms with E-state index < -0.39 is 11.9 Å². The van der Waals surface area contributed by atoms with Crippen molar-refractivity contribution < 1.29 is 14.3 Å². The monoisotopic (exact) mass is 364 g/mol. The molecule has 0 saturated carbocycles. The van der Waals surface area contributed by atoms with Crippen molar-refractivity contribution in [1.29, 1.82) is 0 Å². The number of carbonyl (C=O) groups is 2. The quantitative estimate of drug-likeness (QED) is 0.702. The molecule has 3 rings (SSSR count). The van der Waals surface area contributed by atoms with Crippen molar-refractivity contribution in [1.82, 2.24) is 15.0 Å². The molecule has 0 aliphatic heterocycles. The van der Waals surface area contributed by atoms with Crippen LogP contribution in [0.3, 0.4) is 0 Å². The van der Waals surface area contributed by atoms with Crippen LogP contribution in [0, 0.1) is 13.8 Å². The summed E-state index contributed by atoms with van der Waals surface area (Å²) in [4.78, 5) is 24.4. The molecule has 2 aromatic carbocycles. The normalized spacial score (nSPS) is 10.5. The number of hydrogen-bond donors (Lipinski definition) is 1. The molecule has 0 bridgehead atoms. The smallest absolute Gasteiger partial charge is 0.338 e. The van der Waals surface area contributed by atoms with E-state index in [1.807, 2.05) is 31.2 Å². The van der Waals surface area contributed by atoms with Gasteiger partial charge in [-0.15, -0.1) is 5.10 Å². The van der Waals surface area contributed by atoms with Gasteiger partial charge in [-0.2, -0.15) is 0 Å². The Morgan fingerprint density at radius 2 is 1.85 bits per heavy atom. The molecule has 0 radical (unpaired) electrons. The van der Waals surface area contributed by atoms with Crippen LogP contribution in [0.1, 0.15) is 39.0 Å². The zero-order chi connectivity index (χ0) is 19.4. The van der Waals surface area contributed by atoms with E-state index in [0.29, 0.717) is 16.9 Å². The fourth-order valence-corrected chi connectivity index (χ4v) is 2.60. The van der Waals surface area contributed by atoms with Gasteiger partial charge in [0.25, 0.3) is 5.91 Å². The predicted molar refractivity (Wildman–Crippen MR) is 101 cm³/mol. The maximum absolute atomic E-state index is 12.6. The van der Waals surface area contributed by atoms with Crippen LogP contribution < -0.4 is 5.32 Å². The molecule has 1 N–H and O–H groups in total. The van der Waals surface area contributed by atoms with Crippen molar-refractivity contribution in [2.24, 2.45) is 0 Å². The number of nitrogens with zero attached hydrogens (tertiary/aromatic N) is 3. The van der Waals surface area contributed by atoms with Gasteiger partial charge in [0.2, 0.25) is 0 Å². The van der Waals surface area contributed by atoms with Crippen molar-refractivity contribution in [2.75, 3.05) is 11.9 Å².